The Hall–Kier alpha value is -0.170. The molecule has 1 saturated carbocycles. The van der Waals surface area contributed by atoms with Gasteiger partial charge in [0.1, 0.15) is 0 Å². The van der Waals surface area contributed by atoms with E-state index < -0.39 is 10.2 Å². The lowest BCUT2D eigenvalue weighted by Gasteiger charge is -2.17. The van der Waals surface area contributed by atoms with Crippen LogP contribution in [0.3, 0.4) is 0 Å². The van der Waals surface area contributed by atoms with Crippen molar-refractivity contribution < 1.29 is 8.42 Å². The van der Waals surface area contributed by atoms with Crippen LogP contribution in [0.4, 0.5) is 0 Å². The molecule has 2 N–H and O–H groups in total. The van der Waals surface area contributed by atoms with Crippen LogP contribution < -0.4 is 10.0 Å². The smallest absolute Gasteiger partial charge is 0.279 e. The van der Waals surface area contributed by atoms with E-state index in [1.54, 1.807) is 4.31 Å². The van der Waals surface area contributed by atoms with E-state index in [4.69, 9.17) is 0 Å². The highest BCUT2D eigenvalue weighted by molar-refractivity contribution is 7.87. The minimum atomic E-state index is -3.18. The lowest BCUT2D eigenvalue weighted by Crippen LogP contribution is -2.41. The third-order valence-electron chi connectivity index (χ3n) is 3.59. The summed E-state index contributed by atoms with van der Waals surface area (Å²) in [6, 6.07) is 0.216. The van der Waals surface area contributed by atoms with E-state index in [0.29, 0.717) is 24.9 Å². The molecule has 0 aromatic heterocycles. The molecule has 3 rings (SSSR count). The highest BCUT2D eigenvalue weighted by Gasteiger charge is 2.42. The summed E-state index contributed by atoms with van der Waals surface area (Å²) in [5.41, 5.74) is 0. The zero-order valence-corrected chi connectivity index (χ0v) is 9.46. The maximum absolute atomic E-state index is 11.9. The molecule has 0 aromatic carbocycles. The Morgan fingerprint density at radius 3 is 2.27 bits per heavy atom. The van der Waals surface area contributed by atoms with Crippen LogP contribution >= 0.6 is 0 Å². The van der Waals surface area contributed by atoms with E-state index in [0.717, 1.165) is 25.9 Å². The number of nitrogens with one attached hydrogen (secondary N) is 2. The Bertz CT molecular complexity index is 340. The molecule has 0 aromatic rings. The average Bonchev–Trinajstić information content (AvgIpc) is 2.72. The van der Waals surface area contributed by atoms with Crippen molar-refractivity contribution in [3.05, 3.63) is 0 Å². The normalized spacial score (nSPS) is 37.1. The third-order valence-corrected chi connectivity index (χ3v) is 5.20. The van der Waals surface area contributed by atoms with Gasteiger partial charge in [-0.15, -0.1) is 0 Å². The monoisotopic (exact) mass is 231 g/mol. The van der Waals surface area contributed by atoms with Crippen molar-refractivity contribution >= 4 is 10.2 Å². The largest absolute Gasteiger partial charge is 0.316 e. The molecule has 1 aliphatic carbocycles. The van der Waals surface area contributed by atoms with Crippen LogP contribution in [0.25, 0.3) is 0 Å². The fourth-order valence-corrected chi connectivity index (χ4v) is 4.08. The lowest BCUT2D eigenvalue weighted by molar-refractivity contribution is 0.438. The van der Waals surface area contributed by atoms with Gasteiger partial charge in [0.05, 0.1) is 0 Å². The molecule has 0 bridgehead atoms. The van der Waals surface area contributed by atoms with Gasteiger partial charge in [-0.2, -0.15) is 17.4 Å². The molecule has 3 fully saturated rings. The van der Waals surface area contributed by atoms with Crippen LogP contribution in [0.15, 0.2) is 0 Å². The lowest BCUT2D eigenvalue weighted by atomic mass is 10.0. The highest BCUT2D eigenvalue weighted by Crippen LogP contribution is 2.29. The van der Waals surface area contributed by atoms with E-state index in [-0.39, 0.29) is 6.04 Å². The van der Waals surface area contributed by atoms with Crippen molar-refractivity contribution in [2.75, 3.05) is 26.2 Å². The second-order valence-corrected chi connectivity index (χ2v) is 6.59. The van der Waals surface area contributed by atoms with Crippen LogP contribution in [0.2, 0.25) is 0 Å². The minimum absolute atomic E-state index is 0.216. The van der Waals surface area contributed by atoms with Crippen molar-refractivity contribution in [1.29, 1.82) is 0 Å². The summed E-state index contributed by atoms with van der Waals surface area (Å²) in [6.07, 6.45) is 2.00. The van der Waals surface area contributed by atoms with Crippen LogP contribution in [0.1, 0.15) is 12.8 Å². The van der Waals surface area contributed by atoms with Crippen molar-refractivity contribution in [2.45, 2.75) is 18.9 Å². The third kappa shape index (κ3) is 1.91. The highest BCUT2D eigenvalue weighted by atomic mass is 32.2. The quantitative estimate of drug-likeness (QED) is 0.664. The van der Waals surface area contributed by atoms with E-state index in [1.165, 1.54) is 0 Å². The summed E-state index contributed by atoms with van der Waals surface area (Å²) in [6.45, 7) is 3.33. The van der Waals surface area contributed by atoms with Crippen molar-refractivity contribution in [2.24, 2.45) is 11.8 Å². The van der Waals surface area contributed by atoms with Gasteiger partial charge in [-0.25, -0.2) is 0 Å². The summed E-state index contributed by atoms with van der Waals surface area (Å²) in [4.78, 5) is 0. The fraction of sp³-hybridized carbons (Fsp3) is 1.00. The topological polar surface area (TPSA) is 61.4 Å². The second kappa shape index (κ2) is 3.41. The van der Waals surface area contributed by atoms with Crippen molar-refractivity contribution in [3.8, 4) is 0 Å². The van der Waals surface area contributed by atoms with Gasteiger partial charge in [-0.05, 0) is 37.8 Å². The first-order valence-corrected chi connectivity index (χ1v) is 7.07. The van der Waals surface area contributed by atoms with E-state index in [1.807, 2.05) is 0 Å². The van der Waals surface area contributed by atoms with Gasteiger partial charge in [-0.3, -0.25) is 0 Å². The van der Waals surface area contributed by atoms with Gasteiger partial charge in [0.25, 0.3) is 10.2 Å². The zero-order valence-electron chi connectivity index (χ0n) is 8.65. The Labute approximate surface area is 90.4 Å². The van der Waals surface area contributed by atoms with Gasteiger partial charge < -0.3 is 5.32 Å². The molecular formula is C9H17N3O2S. The summed E-state index contributed by atoms with van der Waals surface area (Å²) in [7, 11) is -3.18. The standard InChI is InChI=1S/C9H17N3O2S/c13-15(14,11-9-1-2-9)12-5-7-3-10-4-8(7)6-12/h7-11H,1-6H2/t7-,8+. The van der Waals surface area contributed by atoms with Crippen LogP contribution in [-0.4, -0.2) is 44.9 Å². The van der Waals surface area contributed by atoms with Crippen molar-refractivity contribution in [1.82, 2.24) is 14.3 Å². The summed E-state index contributed by atoms with van der Waals surface area (Å²) >= 11 is 0. The maximum atomic E-state index is 11.9. The van der Waals surface area contributed by atoms with E-state index in [9.17, 15) is 8.42 Å². The first-order valence-electron chi connectivity index (χ1n) is 5.63. The molecule has 6 heteroatoms. The first-order chi connectivity index (χ1) is 7.15. The molecule has 15 heavy (non-hydrogen) atoms. The molecule has 5 nitrogen and oxygen atoms in total. The molecule has 0 radical (unpaired) electrons. The Morgan fingerprint density at radius 2 is 1.73 bits per heavy atom. The zero-order chi connectivity index (χ0) is 10.5. The van der Waals surface area contributed by atoms with Crippen LogP contribution in [0.5, 0.6) is 0 Å². The summed E-state index contributed by atoms with van der Waals surface area (Å²) < 4.78 is 28.2. The average molecular weight is 231 g/mol. The van der Waals surface area contributed by atoms with Gasteiger partial charge in [-0.1, -0.05) is 0 Å². The van der Waals surface area contributed by atoms with Gasteiger partial charge >= 0.3 is 0 Å². The van der Waals surface area contributed by atoms with E-state index >= 15 is 0 Å². The number of fused-ring (bicyclic) bond motifs is 1. The molecule has 2 saturated heterocycles. The van der Waals surface area contributed by atoms with Crippen LogP contribution in [0, 0.1) is 11.8 Å². The van der Waals surface area contributed by atoms with Gasteiger partial charge in [0.2, 0.25) is 0 Å². The Morgan fingerprint density at radius 1 is 1.13 bits per heavy atom. The number of nitrogens with zero attached hydrogens (tertiary/aromatic N) is 1. The van der Waals surface area contributed by atoms with E-state index in [2.05, 4.69) is 10.0 Å². The van der Waals surface area contributed by atoms with Crippen LogP contribution in [-0.2, 0) is 10.2 Å². The Kier molecular flexibility index (Phi) is 2.28. The molecule has 86 valence electrons. The van der Waals surface area contributed by atoms with Gasteiger partial charge in [0.15, 0.2) is 0 Å². The number of hydrogen-bond acceptors (Lipinski definition) is 3. The summed E-state index contributed by atoms with van der Waals surface area (Å²) in [5.74, 6) is 1.06. The molecule has 0 spiro atoms. The molecule has 0 unspecified atom stereocenters. The molecule has 2 aliphatic heterocycles. The SMILES string of the molecule is O=S(=O)(NC1CC1)N1C[C@H]2CNC[C@H]2C1. The predicted octanol–water partition coefficient (Wildman–Crippen LogP) is -0.866. The predicted molar refractivity (Wildman–Crippen MR) is 56.5 cm³/mol. The number of rotatable bonds is 3. The minimum Gasteiger partial charge on any atom is -0.316 e. The fourth-order valence-electron chi connectivity index (χ4n) is 2.49. The number of hydrogen-bond donors (Lipinski definition) is 2. The molecular weight excluding hydrogens is 214 g/mol. The second-order valence-electron chi connectivity index (χ2n) is 4.89. The molecule has 2 heterocycles. The molecule has 2 atom stereocenters. The maximum Gasteiger partial charge on any atom is 0.279 e. The van der Waals surface area contributed by atoms with Crippen molar-refractivity contribution in [3.63, 3.8) is 0 Å². The van der Waals surface area contributed by atoms with Gasteiger partial charge in [0, 0.05) is 19.1 Å². The first kappa shape index (κ1) is 10.0. The molecule has 3 aliphatic rings. The Balaban J connectivity index is 1.67. The molecule has 0 amide bonds. The summed E-state index contributed by atoms with van der Waals surface area (Å²) in [5, 5.41) is 3.31.